The summed E-state index contributed by atoms with van der Waals surface area (Å²) >= 11 is 0. The number of Topliss-reactive ketones (excluding diaryl/α,β-unsaturated/α-hetero) is 1. The van der Waals surface area contributed by atoms with Crippen LogP contribution in [0, 0.1) is 22.2 Å². The highest BCUT2D eigenvalue weighted by atomic mass is 16.5. The molecule has 4 heterocycles. The Hall–Kier alpha value is -3.40. The molecule has 0 aromatic carbocycles. The molecule has 0 atom stereocenters. The third kappa shape index (κ3) is 4.13. The summed E-state index contributed by atoms with van der Waals surface area (Å²) in [5, 5.41) is 13.9. The Morgan fingerprint density at radius 1 is 1.18 bits per heavy atom. The fourth-order valence-corrected chi connectivity index (χ4v) is 4.90. The van der Waals surface area contributed by atoms with Gasteiger partial charge in [0.1, 0.15) is 23.4 Å². The Morgan fingerprint density at radius 3 is 2.56 bits per heavy atom. The monoisotopic (exact) mass is 457 g/mol. The van der Waals surface area contributed by atoms with Crippen molar-refractivity contribution >= 4 is 17.1 Å². The minimum Gasteiger partial charge on any atom is -0.492 e. The van der Waals surface area contributed by atoms with E-state index in [4.69, 9.17) is 9.72 Å². The second-order valence-corrected chi connectivity index (χ2v) is 10.3. The van der Waals surface area contributed by atoms with Gasteiger partial charge >= 0.3 is 0 Å². The zero-order valence-corrected chi connectivity index (χ0v) is 20.2. The molecule has 3 aromatic rings. The van der Waals surface area contributed by atoms with E-state index in [0.29, 0.717) is 30.1 Å². The molecule has 7 heteroatoms. The molecule has 0 bridgehead atoms. The van der Waals surface area contributed by atoms with Gasteiger partial charge in [-0.15, -0.1) is 0 Å². The lowest BCUT2D eigenvalue weighted by Gasteiger charge is -2.40. The molecule has 1 aliphatic heterocycles. The first-order valence-corrected chi connectivity index (χ1v) is 12.1. The lowest BCUT2D eigenvalue weighted by molar-refractivity contribution is -0.126. The van der Waals surface area contributed by atoms with Gasteiger partial charge in [0.2, 0.25) is 0 Å². The van der Waals surface area contributed by atoms with Crippen molar-refractivity contribution in [1.29, 1.82) is 5.26 Å². The fourth-order valence-electron chi connectivity index (χ4n) is 4.90. The third-order valence-corrected chi connectivity index (χ3v) is 7.63. The number of rotatable bonds is 7. The van der Waals surface area contributed by atoms with Crippen LogP contribution in [0.1, 0.15) is 58.4 Å². The highest BCUT2D eigenvalue weighted by molar-refractivity contribution is 5.87. The van der Waals surface area contributed by atoms with Crippen LogP contribution in [-0.4, -0.2) is 40.1 Å². The van der Waals surface area contributed by atoms with Gasteiger partial charge in [-0.2, -0.15) is 10.4 Å². The van der Waals surface area contributed by atoms with Crippen molar-refractivity contribution in [1.82, 2.24) is 14.6 Å². The van der Waals surface area contributed by atoms with Gasteiger partial charge in [0, 0.05) is 42.2 Å². The van der Waals surface area contributed by atoms with E-state index in [1.807, 2.05) is 31.3 Å². The van der Waals surface area contributed by atoms with Crippen LogP contribution in [0.4, 0.5) is 5.82 Å². The number of fused-ring (bicyclic) bond motifs is 1. The molecule has 0 amide bonds. The van der Waals surface area contributed by atoms with Crippen LogP contribution < -0.4 is 9.64 Å². The summed E-state index contributed by atoms with van der Waals surface area (Å²) in [6.45, 7) is 8.67. The largest absolute Gasteiger partial charge is 0.492 e. The second-order valence-electron chi connectivity index (χ2n) is 10.3. The van der Waals surface area contributed by atoms with Crippen molar-refractivity contribution in [3.63, 3.8) is 0 Å². The molecule has 2 aliphatic rings. The van der Waals surface area contributed by atoms with Gasteiger partial charge < -0.3 is 9.64 Å². The van der Waals surface area contributed by atoms with Gasteiger partial charge in [-0.3, -0.25) is 4.79 Å². The number of piperidine rings is 1. The Balaban J connectivity index is 1.34. The summed E-state index contributed by atoms with van der Waals surface area (Å²) in [7, 11) is 0. The van der Waals surface area contributed by atoms with Gasteiger partial charge in [0.25, 0.3) is 0 Å². The lowest BCUT2D eigenvalue weighted by atomic mass is 9.74. The minimum atomic E-state index is -0.0383. The molecule has 3 aromatic heterocycles. The lowest BCUT2D eigenvalue weighted by Crippen LogP contribution is -2.40. The van der Waals surface area contributed by atoms with Crippen molar-refractivity contribution in [2.75, 3.05) is 24.6 Å². The number of hydrogen-bond acceptors (Lipinski definition) is 6. The SMILES string of the molecule is CCOc1cc(-c2ccc(N3CCC(C)(CC(=O)C4(C)CC4)CC3)nc2)c2c(C#N)cnn2c1. The molecule has 0 radical (unpaired) electrons. The summed E-state index contributed by atoms with van der Waals surface area (Å²) < 4.78 is 7.41. The van der Waals surface area contributed by atoms with Gasteiger partial charge in [0.15, 0.2) is 0 Å². The Labute approximate surface area is 200 Å². The molecular formula is C27H31N5O2. The molecule has 0 spiro atoms. The number of nitrogens with zero attached hydrogens (tertiary/aromatic N) is 5. The molecule has 176 valence electrons. The van der Waals surface area contributed by atoms with Crippen molar-refractivity contribution in [2.24, 2.45) is 10.8 Å². The van der Waals surface area contributed by atoms with Crippen molar-refractivity contribution in [3.05, 3.63) is 42.4 Å². The van der Waals surface area contributed by atoms with Crippen LogP contribution in [0.5, 0.6) is 5.75 Å². The maximum absolute atomic E-state index is 12.6. The van der Waals surface area contributed by atoms with Crippen LogP contribution in [0.2, 0.25) is 0 Å². The molecular weight excluding hydrogens is 426 g/mol. The van der Waals surface area contributed by atoms with E-state index in [2.05, 4.69) is 29.9 Å². The molecule has 34 heavy (non-hydrogen) atoms. The molecule has 0 N–H and O–H groups in total. The van der Waals surface area contributed by atoms with Crippen molar-refractivity contribution in [2.45, 2.75) is 52.9 Å². The van der Waals surface area contributed by atoms with Crippen LogP contribution in [-0.2, 0) is 4.79 Å². The summed E-state index contributed by atoms with van der Waals surface area (Å²) in [6.07, 6.45) is 10.0. The van der Waals surface area contributed by atoms with Crippen LogP contribution in [0.15, 0.2) is 36.8 Å². The highest BCUT2D eigenvalue weighted by Gasteiger charge is 2.46. The smallest absolute Gasteiger partial charge is 0.139 e. The quantitative estimate of drug-likeness (QED) is 0.495. The first-order valence-electron chi connectivity index (χ1n) is 12.1. The number of nitriles is 1. The van der Waals surface area contributed by atoms with E-state index in [9.17, 15) is 10.1 Å². The predicted molar refractivity (Wildman–Crippen MR) is 131 cm³/mol. The van der Waals surface area contributed by atoms with Crippen molar-refractivity contribution < 1.29 is 9.53 Å². The number of ether oxygens (including phenoxy) is 1. The number of pyridine rings is 2. The molecule has 2 fully saturated rings. The van der Waals surface area contributed by atoms with Gasteiger partial charge in [-0.05, 0) is 56.2 Å². The van der Waals surface area contributed by atoms with Crippen molar-refractivity contribution in [3.8, 4) is 22.9 Å². The zero-order chi connectivity index (χ0) is 23.9. The van der Waals surface area contributed by atoms with Crippen LogP contribution >= 0.6 is 0 Å². The number of carbonyl (C=O) groups is 1. The van der Waals surface area contributed by atoms with Gasteiger partial charge in [-0.25, -0.2) is 9.50 Å². The highest BCUT2D eigenvalue weighted by Crippen LogP contribution is 2.49. The Kier molecular flexibility index (Phi) is 5.55. The molecule has 5 rings (SSSR count). The molecule has 1 saturated carbocycles. The molecule has 1 saturated heterocycles. The zero-order valence-electron chi connectivity index (χ0n) is 20.2. The van der Waals surface area contributed by atoms with Crippen LogP contribution in [0.25, 0.3) is 16.6 Å². The first-order chi connectivity index (χ1) is 16.3. The summed E-state index contributed by atoms with van der Waals surface area (Å²) in [6, 6.07) is 8.27. The third-order valence-electron chi connectivity index (χ3n) is 7.63. The summed E-state index contributed by atoms with van der Waals surface area (Å²) in [5.74, 6) is 2.09. The normalized spacial score (nSPS) is 18.5. The van der Waals surface area contributed by atoms with Gasteiger partial charge in [0.05, 0.1) is 30.1 Å². The second kappa shape index (κ2) is 8.43. The van der Waals surface area contributed by atoms with E-state index in [0.717, 1.165) is 61.2 Å². The molecule has 0 unspecified atom stereocenters. The van der Waals surface area contributed by atoms with E-state index in [1.54, 1.807) is 16.9 Å². The van der Waals surface area contributed by atoms with E-state index in [-0.39, 0.29) is 10.8 Å². The average Bonchev–Trinajstić information content (AvgIpc) is 3.46. The number of ketones is 1. The van der Waals surface area contributed by atoms with E-state index < -0.39 is 0 Å². The fraction of sp³-hybridized carbons (Fsp3) is 0.481. The summed E-state index contributed by atoms with van der Waals surface area (Å²) in [4.78, 5) is 19.7. The minimum absolute atomic E-state index is 0.0383. The average molecular weight is 458 g/mol. The van der Waals surface area contributed by atoms with E-state index in [1.165, 1.54) is 0 Å². The maximum Gasteiger partial charge on any atom is 0.139 e. The first kappa shape index (κ1) is 22.4. The topological polar surface area (TPSA) is 83.5 Å². The van der Waals surface area contributed by atoms with Gasteiger partial charge in [-0.1, -0.05) is 13.8 Å². The number of carbonyl (C=O) groups excluding carboxylic acids is 1. The van der Waals surface area contributed by atoms with E-state index >= 15 is 0 Å². The summed E-state index contributed by atoms with van der Waals surface area (Å²) in [5.41, 5.74) is 3.11. The van der Waals surface area contributed by atoms with Crippen LogP contribution in [0.3, 0.4) is 0 Å². The Morgan fingerprint density at radius 2 is 1.94 bits per heavy atom. The Bertz CT molecular complexity index is 1260. The maximum atomic E-state index is 12.6. The standard InChI is InChI=1S/C27H31N5O2/c1-4-34-21-13-22(25-20(15-28)17-30-32(25)18-21)19-5-6-24(29-16-19)31-11-9-26(2,10-12-31)14-23(33)27(3)7-8-27/h5-6,13,16-18H,4,7-12,14H2,1-3H3. The number of anilines is 1. The number of hydrogen-bond donors (Lipinski definition) is 0. The predicted octanol–water partition coefficient (Wildman–Crippen LogP) is 5.03. The molecule has 1 aliphatic carbocycles. The molecule has 7 nitrogen and oxygen atoms in total. The number of aromatic nitrogens is 3.